The topological polar surface area (TPSA) is 26.3 Å². The van der Waals surface area contributed by atoms with Gasteiger partial charge in [-0.05, 0) is 30.7 Å². The molecule has 3 heteroatoms. The lowest BCUT2D eigenvalue weighted by molar-refractivity contribution is 0.112. The van der Waals surface area contributed by atoms with Crippen molar-refractivity contribution in [1.82, 2.24) is 0 Å². The van der Waals surface area contributed by atoms with E-state index in [9.17, 15) is 4.79 Å². The summed E-state index contributed by atoms with van der Waals surface area (Å²) in [6.07, 6.45) is 2.09. The van der Waals surface area contributed by atoms with E-state index >= 15 is 0 Å². The van der Waals surface area contributed by atoms with Gasteiger partial charge in [-0.25, -0.2) is 0 Å². The van der Waals surface area contributed by atoms with Crippen LogP contribution < -0.4 is 4.74 Å². The number of hydrogen-bond acceptors (Lipinski definition) is 3. The molecular weight excluding hydrogens is 268 g/mol. The second-order valence-electron chi connectivity index (χ2n) is 5.05. The van der Waals surface area contributed by atoms with E-state index in [0.717, 1.165) is 24.2 Å². The van der Waals surface area contributed by atoms with Gasteiger partial charge >= 0.3 is 0 Å². The van der Waals surface area contributed by atoms with Crippen LogP contribution in [-0.4, -0.2) is 18.1 Å². The van der Waals surface area contributed by atoms with Crippen molar-refractivity contribution in [1.29, 1.82) is 0 Å². The number of rotatable bonds is 4. The van der Waals surface area contributed by atoms with Crippen molar-refractivity contribution >= 4 is 18.0 Å². The number of hydrogen-bond donors (Lipinski definition) is 0. The molecule has 0 radical (unpaired) electrons. The zero-order valence-corrected chi connectivity index (χ0v) is 12.2. The van der Waals surface area contributed by atoms with Gasteiger partial charge in [0.25, 0.3) is 0 Å². The van der Waals surface area contributed by atoms with Gasteiger partial charge in [0.1, 0.15) is 18.1 Å². The Morgan fingerprint density at radius 2 is 2.05 bits per heavy atom. The predicted molar refractivity (Wildman–Crippen MR) is 81.9 cm³/mol. The zero-order chi connectivity index (χ0) is 13.9. The smallest absolute Gasteiger partial charge is 0.150 e. The normalized spacial score (nSPS) is 16.6. The average Bonchev–Trinajstić information content (AvgIpc) is 2.87. The quantitative estimate of drug-likeness (QED) is 0.629. The summed E-state index contributed by atoms with van der Waals surface area (Å²) in [5, 5.41) is 0. The molecule has 2 aromatic carbocycles. The van der Waals surface area contributed by atoms with Crippen LogP contribution in [-0.2, 0) is 6.42 Å². The molecule has 2 aromatic rings. The van der Waals surface area contributed by atoms with E-state index in [1.54, 1.807) is 11.8 Å². The van der Waals surface area contributed by atoms with Crippen LogP contribution in [0.4, 0.5) is 0 Å². The van der Waals surface area contributed by atoms with Crippen molar-refractivity contribution in [2.75, 3.05) is 5.75 Å². The highest BCUT2D eigenvalue weighted by molar-refractivity contribution is 7.99. The molecule has 0 N–H and O–H groups in total. The molecule has 102 valence electrons. The molecule has 20 heavy (non-hydrogen) atoms. The largest absolute Gasteiger partial charge is 0.489 e. The Balaban J connectivity index is 1.59. The van der Waals surface area contributed by atoms with Crippen molar-refractivity contribution < 1.29 is 9.53 Å². The number of carbonyl (C=O) groups excluding carboxylic acids is 1. The Morgan fingerprint density at radius 1 is 1.25 bits per heavy atom. The summed E-state index contributed by atoms with van der Waals surface area (Å²) in [5.41, 5.74) is 3.31. The molecule has 0 amide bonds. The maximum absolute atomic E-state index is 10.6. The number of aryl methyl sites for hydroxylation is 1. The molecule has 0 aliphatic carbocycles. The van der Waals surface area contributed by atoms with Crippen LogP contribution in [0.25, 0.3) is 0 Å². The van der Waals surface area contributed by atoms with Crippen LogP contribution in [0.3, 0.4) is 0 Å². The Labute approximate surface area is 123 Å². The van der Waals surface area contributed by atoms with Crippen LogP contribution >= 0.6 is 11.8 Å². The number of aldehydes is 1. The summed E-state index contributed by atoms with van der Waals surface area (Å²) in [5.74, 6) is 1.95. The second-order valence-corrected chi connectivity index (χ2v) is 6.15. The number of benzene rings is 2. The third-order valence-corrected chi connectivity index (χ3v) is 4.55. The van der Waals surface area contributed by atoms with Gasteiger partial charge in [-0.2, -0.15) is 0 Å². The maximum Gasteiger partial charge on any atom is 0.150 e. The Hall–Kier alpha value is -1.74. The molecule has 1 heterocycles. The first-order chi connectivity index (χ1) is 9.74. The lowest BCUT2D eigenvalue weighted by atomic mass is 10.1. The van der Waals surface area contributed by atoms with Gasteiger partial charge in [0.15, 0.2) is 0 Å². The molecule has 0 bridgehead atoms. The number of fused-ring (bicyclic) bond motifs is 1. The summed E-state index contributed by atoms with van der Waals surface area (Å²) in [6.45, 7) is 2.11. The van der Waals surface area contributed by atoms with Gasteiger partial charge in [-0.1, -0.05) is 29.8 Å². The minimum atomic E-state index is 0.238. The molecule has 1 aliphatic heterocycles. The summed E-state index contributed by atoms with van der Waals surface area (Å²) >= 11 is 1.77. The van der Waals surface area contributed by atoms with E-state index in [4.69, 9.17) is 4.74 Å². The molecule has 1 atom stereocenters. The third-order valence-electron chi connectivity index (χ3n) is 3.41. The van der Waals surface area contributed by atoms with Crippen molar-refractivity contribution in [3.05, 3.63) is 59.2 Å². The van der Waals surface area contributed by atoms with E-state index in [2.05, 4.69) is 25.1 Å². The molecule has 0 saturated heterocycles. The van der Waals surface area contributed by atoms with E-state index < -0.39 is 0 Å². The fourth-order valence-electron chi connectivity index (χ4n) is 2.37. The van der Waals surface area contributed by atoms with Crippen molar-refractivity contribution in [3.8, 4) is 5.75 Å². The molecule has 1 aliphatic rings. The van der Waals surface area contributed by atoms with Gasteiger partial charge in [0, 0.05) is 22.6 Å². The molecule has 0 saturated carbocycles. The van der Waals surface area contributed by atoms with E-state index in [-0.39, 0.29) is 6.10 Å². The summed E-state index contributed by atoms with van der Waals surface area (Å²) in [7, 11) is 0. The molecule has 3 rings (SSSR count). The molecule has 0 spiro atoms. The minimum absolute atomic E-state index is 0.238. The van der Waals surface area contributed by atoms with E-state index in [1.807, 2.05) is 24.3 Å². The molecule has 2 nitrogen and oxygen atoms in total. The maximum atomic E-state index is 10.6. The second kappa shape index (κ2) is 5.71. The highest BCUT2D eigenvalue weighted by atomic mass is 32.2. The first-order valence-corrected chi connectivity index (χ1v) is 7.67. The summed E-state index contributed by atoms with van der Waals surface area (Å²) in [6, 6.07) is 14.0. The van der Waals surface area contributed by atoms with Crippen LogP contribution in [0.2, 0.25) is 0 Å². The van der Waals surface area contributed by atoms with Crippen LogP contribution in [0, 0.1) is 6.92 Å². The van der Waals surface area contributed by atoms with Crippen LogP contribution in [0.15, 0.2) is 47.4 Å². The Morgan fingerprint density at radius 3 is 2.80 bits per heavy atom. The minimum Gasteiger partial charge on any atom is -0.489 e. The molecule has 1 unspecified atom stereocenters. The fourth-order valence-corrected chi connectivity index (χ4v) is 3.27. The number of thioether (sulfide) groups is 1. The summed E-state index contributed by atoms with van der Waals surface area (Å²) < 4.78 is 5.95. The van der Waals surface area contributed by atoms with Gasteiger partial charge < -0.3 is 4.74 Å². The lowest BCUT2D eigenvalue weighted by Gasteiger charge is -2.10. The first kappa shape index (κ1) is 13.3. The SMILES string of the molecule is Cc1ccc2c(c1)CC(CSc1ccc(C=O)cc1)O2. The van der Waals surface area contributed by atoms with Gasteiger partial charge in [-0.15, -0.1) is 11.8 Å². The monoisotopic (exact) mass is 284 g/mol. The molecule has 0 fully saturated rings. The molecular formula is C17H16O2S. The van der Waals surface area contributed by atoms with Crippen molar-refractivity contribution in [2.24, 2.45) is 0 Å². The highest BCUT2D eigenvalue weighted by Gasteiger charge is 2.22. The van der Waals surface area contributed by atoms with Crippen molar-refractivity contribution in [3.63, 3.8) is 0 Å². The van der Waals surface area contributed by atoms with Gasteiger partial charge in [0.05, 0.1) is 0 Å². The number of ether oxygens (including phenoxy) is 1. The first-order valence-electron chi connectivity index (χ1n) is 6.69. The van der Waals surface area contributed by atoms with E-state index in [0.29, 0.717) is 5.56 Å². The number of carbonyl (C=O) groups is 1. The third kappa shape index (κ3) is 2.88. The summed E-state index contributed by atoms with van der Waals surface area (Å²) in [4.78, 5) is 11.8. The lowest BCUT2D eigenvalue weighted by Crippen LogP contribution is -2.15. The Kier molecular flexibility index (Phi) is 3.79. The molecule has 0 aromatic heterocycles. The van der Waals surface area contributed by atoms with E-state index in [1.165, 1.54) is 16.0 Å². The zero-order valence-electron chi connectivity index (χ0n) is 11.3. The van der Waals surface area contributed by atoms with Gasteiger partial charge in [0.2, 0.25) is 0 Å². The van der Waals surface area contributed by atoms with Crippen LogP contribution in [0.5, 0.6) is 5.75 Å². The van der Waals surface area contributed by atoms with Gasteiger partial charge in [-0.3, -0.25) is 4.79 Å². The van der Waals surface area contributed by atoms with Crippen LogP contribution in [0.1, 0.15) is 21.5 Å². The van der Waals surface area contributed by atoms with Crippen molar-refractivity contribution in [2.45, 2.75) is 24.3 Å². The fraction of sp³-hybridized carbons (Fsp3) is 0.235. The average molecular weight is 284 g/mol. The highest BCUT2D eigenvalue weighted by Crippen LogP contribution is 2.32. The predicted octanol–water partition coefficient (Wildman–Crippen LogP) is 3.90. The standard InChI is InChI=1S/C17H16O2S/c1-12-2-7-17-14(8-12)9-15(19-17)11-20-16-5-3-13(10-18)4-6-16/h2-8,10,15H,9,11H2,1H3. The Bertz CT molecular complexity index is 619.